The molecule has 2 aliphatic heterocycles. The second kappa shape index (κ2) is 9.02. The van der Waals surface area contributed by atoms with Crippen LogP contribution < -0.4 is 4.90 Å². The summed E-state index contributed by atoms with van der Waals surface area (Å²) in [5.74, 6) is 1.17. The van der Waals surface area contributed by atoms with Crippen molar-refractivity contribution in [2.45, 2.75) is 26.7 Å². The Bertz CT molecular complexity index is 1010. The monoisotopic (exact) mass is 440 g/mol. The zero-order chi connectivity index (χ0) is 22.8. The number of benzene rings is 1. The van der Waals surface area contributed by atoms with Crippen LogP contribution in [0.4, 0.5) is 11.4 Å². The Balaban J connectivity index is 1.34. The molecule has 2 aromatic rings. The average molecular weight is 441 g/mol. The van der Waals surface area contributed by atoms with Crippen LogP contribution in [0.25, 0.3) is 0 Å². The quantitative estimate of drug-likeness (QED) is 0.535. The summed E-state index contributed by atoms with van der Waals surface area (Å²) in [5, 5.41) is 10.8. The maximum atomic E-state index is 13.2. The SMILES string of the molecule is Cc1cc(C(=O)N2CCCC(C(=O)N3CCN(c4ccc([N+](=O)[O-])cc4)CC3)C2)c(C)o1. The summed E-state index contributed by atoms with van der Waals surface area (Å²) in [6.45, 7) is 7.24. The fourth-order valence-corrected chi connectivity index (χ4v) is 4.61. The van der Waals surface area contributed by atoms with Crippen molar-refractivity contribution in [3.8, 4) is 0 Å². The Morgan fingerprint density at radius 2 is 1.72 bits per heavy atom. The lowest BCUT2D eigenvalue weighted by atomic mass is 9.95. The van der Waals surface area contributed by atoms with Crippen molar-refractivity contribution in [1.29, 1.82) is 0 Å². The smallest absolute Gasteiger partial charge is 0.269 e. The van der Waals surface area contributed by atoms with Gasteiger partial charge in [-0.15, -0.1) is 0 Å². The molecule has 2 fully saturated rings. The predicted molar refractivity (Wildman–Crippen MR) is 119 cm³/mol. The molecule has 0 spiro atoms. The van der Waals surface area contributed by atoms with Crippen molar-refractivity contribution < 1.29 is 18.9 Å². The molecule has 2 aliphatic rings. The van der Waals surface area contributed by atoms with Gasteiger partial charge >= 0.3 is 0 Å². The summed E-state index contributed by atoms with van der Waals surface area (Å²) >= 11 is 0. The van der Waals surface area contributed by atoms with Crippen LogP contribution in [0.2, 0.25) is 0 Å². The average Bonchev–Trinajstić information content (AvgIpc) is 3.16. The Kier molecular flexibility index (Phi) is 6.16. The summed E-state index contributed by atoms with van der Waals surface area (Å²) in [7, 11) is 0. The molecule has 170 valence electrons. The second-order valence-electron chi connectivity index (χ2n) is 8.50. The van der Waals surface area contributed by atoms with Gasteiger partial charge in [-0.25, -0.2) is 0 Å². The number of hydrogen-bond acceptors (Lipinski definition) is 6. The molecule has 0 N–H and O–H groups in total. The summed E-state index contributed by atoms with van der Waals surface area (Å²) in [5.41, 5.74) is 1.56. The van der Waals surface area contributed by atoms with Crippen LogP contribution in [0.15, 0.2) is 34.7 Å². The fraction of sp³-hybridized carbons (Fsp3) is 0.478. The highest BCUT2D eigenvalue weighted by Crippen LogP contribution is 2.25. The number of non-ortho nitro benzene ring substituents is 1. The number of anilines is 1. The van der Waals surface area contributed by atoms with Crippen molar-refractivity contribution in [1.82, 2.24) is 9.80 Å². The van der Waals surface area contributed by atoms with Gasteiger partial charge in [0.1, 0.15) is 11.5 Å². The molecule has 0 aliphatic carbocycles. The molecule has 3 heterocycles. The van der Waals surface area contributed by atoms with E-state index in [0.29, 0.717) is 56.4 Å². The topological polar surface area (TPSA) is 100 Å². The highest BCUT2D eigenvalue weighted by molar-refractivity contribution is 5.95. The number of piperazine rings is 1. The van der Waals surface area contributed by atoms with Crippen LogP contribution in [-0.4, -0.2) is 65.8 Å². The van der Waals surface area contributed by atoms with Gasteiger partial charge < -0.3 is 19.1 Å². The van der Waals surface area contributed by atoms with Gasteiger partial charge in [0.15, 0.2) is 0 Å². The zero-order valence-corrected chi connectivity index (χ0v) is 18.5. The van der Waals surface area contributed by atoms with E-state index in [1.54, 1.807) is 30.0 Å². The van der Waals surface area contributed by atoms with Crippen LogP contribution in [0.1, 0.15) is 34.7 Å². The minimum atomic E-state index is -0.409. The molecular weight excluding hydrogens is 412 g/mol. The number of furan rings is 1. The van der Waals surface area contributed by atoms with Gasteiger partial charge in [-0.2, -0.15) is 0 Å². The van der Waals surface area contributed by atoms with Gasteiger partial charge in [0.25, 0.3) is 11.6 Å². The van der Waals surface area contributed by atoms with E-state index in [4.69, 9.17) is 4.42 Å². The van der Waals surface area contributed by atoms with Gasteiger partial charge in [0.05, 0.1) is 16.4 Å². The molecule has 2 amide bonds. The van der Waals surface area contributed by atoms with Gasteiger partial charge in [-0.3, -0.25) is 19.7 Å². The third kappa shape index (κ3) is 4.46. The molecule has 9 nitrogen and oxygen atoms in total. The van der Waals surface area contributed by atoms with Crippen molar-refractivity contribution in [3.05, 3.63) is 57.5 Å². The first kappa shape index (κ1) is 21.9. The molecule has 32 heavy (non-hydrogen) atoms. The first-order chi connectivity index (χ1) is 15.3. The molecule has 0 radical (unpaired) electrons. The Morgan fingerprint density at radius 1 is 1.03 bits per heavy atom. The zero-order valence-electron chi connectivity index (χ0n) is 18.5. The van der Waals surface area contributed by atoms with E-state index in [0.717, 1.165) is 18.5 Å². The number of aryl methyl sites for hydroxylation is 2. The second-order valence-corrected chi connectivity index (χ2v) is 8.50. The first-order valence-electron chi connectivity index (χ1n) is 11.0. The van der Waals surface area contributed by atoms with E-state index in [9.17, 15) is 19.7 Å². The van der Waals surface area contributed by atoms with E-state index in [2.05, 4.69) is 4.90 Å². The molecular formula is C23H28N4O5. The minimum Gasteiger partial charge on any atom is -0.466 e. The molecule has 9 heteroatoms. The number of carbonyl (C=O) groups is 2. The lowest BCUT2D eigenvalue weighted by Crippen LogP contribution is -2.53. The lowest BCUT2D eigenvalue weighted by Gasteiger charge is -2.39. The number of carbonyl (C=O) groups excluding carboxylic acids is 2. The third-order valence-electron chi connectivity index (χ3n) is 6.35. The van der Waals surface area contributed by atoms with Crippen LogP contribution in [0, 0.1) is 29.9 Å². The number of nitro benzene ring substituents is 1. The number of nitro groups is 1. The van der Waals surface area contributed by atoms with Crippen molar-refractivity contribution in [2.24, 2.45) is 5.92 Å². The molecule has 1 atom stereocenters. The lowest BCUT2D eigenvalue weighted by molar-refractivity contribution is -0.384. The van der Waals surface area contributed by atoms with Gasteiger partial charge in [-0.05, 0) is 44.9 Å². The van der Waals surface area contributed by atoms with Crippen LogP contribution in [-0.2, 0) is 4.79 Å². The summed E-state index contributed by atoms with van der Waals surface area (Å²) in [4.78, 5) is 42.3. The standard InChI is InChI=1S/C23H28N4O5/c1-16-14-21(17(2)32-16)23(29)26-9-3-4-18(15-26)22(28)25-12-10-24(11-13-25)19-5-7-20(8-6-19)27(30)31/h5-8,14,18H,3-4,9-13,15H2,1-2H3. The molecule has 1 aromatic heterocycles. The fourth-order valence-electron chi connectivity index (χ4n) is 4.61. The van der Waals surface area contributed by atoms with E-state index >= 15 is 0 Å². The Hall–Kier alpha value is -3.36. The molecule has 0 bridgehead atoms. The van der Waals surface area contributed by atoms with Crippen LogP contribution in [0.3, 0.4) is 0 Å². The summed E-state index contributed by atoms with van der Waals surface area (Å²) < 4.78 is 5.50. The molecule has 1 aromatic carbocycles. The van der Waals surface area contributed by atoms with Crippen LogP contribution >= 0.6 is 0 Å². The highest BCUT2D eigenvalue weighted by atomic mass is 16.6. The number of rotatable bonds is 4. The van der Waals surface area contributed by atoms with Crippen LogP contribution in [0.5, 0.6) is 0 Å². The van der Waals surface area contributed by atoms with E-state index < -0.39 is 4.92 Å². The Labute approximate surface area is 186 Å². The van der Waals surface area contributed by atoms with Gasteiger partial charge in [0, 0.05) is 57.1 Å². The highest BCUT2D eigenvalue weighted by Gasteiger charge is 2.33. The minimum absolute atomic E-state index is 0.0692. The number of piperidine rings is 1. The molecule has 4 rings (SSSR count). The first-order valence-corrected chi connectivity index (χ1v) is 11.0. The number of hydrogen-bond donors (Lipinski definition) is 0. The number of likely N-dealkylation sites (tertiary alicyclic amines) is 1. The maximum Gasteiger partial charge on any atom is 0.269 e. The molecule has 1 unspecified atom stereocenters. The summed E-state index contributed by atoms with van der Waals surface area (Å²) in [6, 6.07) is 8.27. The third-order valence-corrected chi connectivity index (χ3v) is 6.35. The van der Waals surface area contributed by atoms with E-state index in [-0.39, 0.29) is 23.4 Å². The van der Waals surface area contributed by atoms with Crippen molar-refractivity contribution >= 4 is 23.2 Å². The number of nitrogens with zero attached hydrogens (tertiary/aromatic N) is 4. The normalized spacial score (nSPS) is 19.2. The van der Waals surface area contributed by atoms with Crippen molar-refractivity contribution in [2.75, 3.05) is 44.2 Å². The van der Waals surface area contributed by atoms with E-state index in [1.807, 2.05) is 11.8 Å². The largest absolute Gasteiger partial charge is 0.466 e. The number of amides is 2. The van der Waals surface area contributed by atoms with E-state index in [1.165, 1.54) is 12.1 Å². The Morgan fingerprint density at radius 3 is 2.31 bits per heavy atom. The van der Waals surface area contributed by atoms with Gasteiger partial charge in [0.2, 0.25) is 5.91 Å². The van der Waals surface area contributed by atoms with Crippen molar-refractivity contribution in [3.63, 3.8) is 0 Å². The van der Waals surface area contributed by atoms with Gasteiger partial charge in [-0.1, -0.05) is 0 Å². The molecule has 2 saturated heterocycles. The summed E-state index contributed by atoms with van der Waals surface area (Å²) in [6.07, 6.45) is 1.59. The maximum absolute atomic E-state index is 13.2. The molecule has 0 saturated carbocycles. The predicted octanol–water partition coefficient (Wildman–Crippen LogP) is 3.01.